The normalized spacial score (nSPS) is 15.2. The van der Waals surface area contributed by atoms with Gasteiger partial charge in [-0.05, 0) is 45.4 Å². The van der Waals surface area contributed by atoms with Gasteiger partial charge in [0, 0.05) is 23.6 Å². The average Bonchev–Trinajstić information content (AvgIpc) is 3.29. The first-order valence-corrected chi connectivity index (χ1v) is 9.22. The molecule has 10 heteroatoms. The summed E-state index contributed by atoms with van der Waals surface area (Å²) in [6, 6.07) is 5.32. The van der Waals surface area contributed by atoms with Crippen LogP contribution in [0, 0.1) is 5.41 Å². The Hall–Kier alpha value is -3.43. The molecule has 2 aromatic rings. The molecule has 0 spiro atoms. The number of aromatic nitrogens is 3. The van der Waals surface area contributed by atoms with Crippen molar-refractivity contribution in [1.29, 1.82) is 5.41 Å². The number of amides is 2. The predicted molar refractivity (Wildman–Crippen MR) is 104 cm³/mol. The highest BCUT2D eigenvalue weighted by molar-refractivity contribution is 6.04. The Balaban J connectivity index is 1.59. The first-order chi connectivity index (χ1) is 13.7. The number of ether oxygens (including phenoxy) is 2. The summed E-state index contributed by atoms with van der Waals surface area (Å²) in [6.07, 6.45) is 1.34. The van der Waals surface area contributed by atoms with Gasteiger partial charge in [0.25, 0.3) is 5.91 Å². The van der Waals surface area contributed by atoms with E-state index in [1.165, 1.54) is 6.20 Å². The summed E-state index contributed by atoms with van der Waals surface area (Å²) in [5.41, 5.74) is 1.08. The minimum atomic E-state index is -0.675. The number of rotatable bonds is 5. The number of amidine groups is 1. The molecule has 10 nitrogen and oxygen atoms in total. The molecule has 1 aromatic carbocycles. The van der Waals surface area contributed by atoms with Crippen LogP contribution in [0.3, 0.4) is 0 Å². The summed E-state index contributed by atoms with van der Waals surface area (Å²) >= 11 is 0. The number of fused-ring (bicyclic) bond motifs is 1. The molecule has 0 aliphatic carbocycles. The number of carbonyl (C=O) groups excluding carboxylic acids is 2. The van der Waals surface area contributed by atoms with E-state index in [1.807, 2.05) is 6.07 Å². The quantitative estimate of drug-likeness (QED) is 0.446. The van der Waals surface area contributed by atoms with Crippen LogP contribution < -0.4 is 15.4 Å². The SMILES string of the molecule is CC(C)(C)OC(=O)NC(=N)c1ccc2c(c1)C(CCNC(=O)c1cn[nH]n1)CO2. The van der Waals surface area contributed by atoms with Gasteiger partial charge < -0.3 is 14.8 Å². The number of hydrogen-bond acceptors (Lipinski definition) is 7. The van der Waals surface area contributed by atoms with Crippen molar-refractivity contribution in [3.05, 3.63) is 41.2 Å². The van der Waals surface area contributed by atoms with E-state index >= 15 is 0 Å². The zero-order chi connectivity index (χ0) is 21.0. The monoisotopic (exact) mass is 400 g/mol. The average molecular weight is 400 g/mol. The van der Waals surface area contributed by atoms with E-state index in [-0.39, 0.29) is 23.4 Å². The zero-order valence-corrected chi connectivity index (χ0v) is 16.5. The number of benzene rings is 1. The van der Waals surface area contributed by atoms with E-state index in [2.05, 4.69) is 26.0 Å². The number of hydrogen-bond donors (Lipinski definition) is 4. The Morgan fingerprint density at radius 3 is 2.86 bits per heavy atom. The minimum Gasteiger partial charge on any atom is -0.493 e. The second-order valence-electron chi connectivity index (χ2n) is 7.66. The van der Waals surface area contributed by atoms with Crippen molar-refractivity contribution >= 4 is 17.8 Å². The lowest BCUT2D eigenvalue weighted by molar-refractivity contribution is 0.0563. The number of carbonyl (C=O) groups is 2. The fourth-order valence-corrected chi connectivity index (χ4v) is 2.91. The second kappa shape index (κ2) is 8.29. The van der Waals surface area contributed by atoms with E-state index in [9.17, 15) is 9.59 Å². The van der Waals surface area contributed by atoms with Crippen molar-refractivity contribution in [3.63, 3.8) is 0 Å². The standard InChI is InChI=1S/C19H24N6O4/c1-19(2,3)29-18(27)23-16(20)11-4-5-15-13(8-11)12(10-28-15)6-7-21-17(26)14-9-22-25-24-14/h4-5,8-9,12H,6-7,10H2,1-3H3,(H,21,26)(H2,20,23,27)(H,22,24,25). The molecule has 1 aromatic heterocycles. The van der Waals surface area contributed by atoms with Gasteiger partial charge in [0.05, 0.1) is 12.8 Å². The van der Waals surface area contributed by atoms with Gasteiger partial charge in [-0.25, -0.2) is 4.79 Å². The molecule has 2 amide bonds. The lowest BCUT2D eigenvalue weighted by Crippen LogP contribution is -2.36. The van der Waals surface area contributed by atoms with Crippen LogP contribution in [-0.4, -0.2) is 52.0 Å². The van der Waals surface area contributed by atoms with Crippen LogP contribution >= 0.6 is 0 Å². The predicted octanol–water partition coefficient (Wildman–Crippen LogP) is 1.95. The summed E-state index contributed by atoms with van der Waals surface area (Å²) in [7, 11) is 0. The fraction of sp³-hybridized carbons (Fsp3) is 0.421. The second-order valence-corrected chi connectivity index (χ2v) is 7.66. The fourth-order valence-electron chi connectivity index (χ4n) is 2.91. The molecular formula is C19H24N6O4. The van der Waals surface area contributed by atoms with Crippen LogP contribution in [0.1, 0.15) is 54.7 Å². The Bertz CT molecular complexity index is 904. The van der Waals surface area contributed by atoms with Gasteiger partial charge in [0.15, 0.2) is 5.69 Å². The van der Waals surface area contributed by atoms with Crippen LogP contribution in [0.15, 0.2) is 24.4 Å². The molecule has 1 unspecified atom stereocenters. The van der Waals surface area contributed by atoms with Gasteiger partial charge in [-0.1, -0.05) is 0 Å². The molecule has 4 N–H and O–H groups in total. The lowest BCUT2D eigenvalue weighted by Gasteiger charge is -2.20. The van der Waals surface area contributed by atoms with Gasteiger partial charge in [-0.3, -0.25) is 15.5 Å². The molecule has 3 rings (SSSR count). The highest BCUT2D eigenvalue weighted by Crippen LogP contribution is 2.36. The van der Waals surface area contributed by atoms with Crippen molar-refractivity contribution in [2.75, 3.05) is 13.2 Å². The van der Waals surface area contributed by atoms with Gasteiger partial charge in [0.1, 0.15) is 17.2 Å². The first-order valence-electron chi connectivity index (χ1n) is 9.22. The molecular weight excluding hydrogens is 376 g/mol. The molecule has 1 aliphatic rings. The Kier molecular flexibility index (Phi) is 5.81. The number of nitrogens with one attached hydrogen (secondary N) is 4. The molecule has 0 saturated heterocycles. The Morgan fingerprint density at radius 1 is 1.38 bits per heavy atom. The van der Waals surface area contributed by atoms with Crippen LogP contribution in [0.5, 0.6) is 5.75 Å². The molecule has 29 heavy (non-hydrogen) atoms. The maximum Gasteiger partial charge on any atom is 0.413 e. The summed E-state index contributed by atoms with van der Waals surface area (Å²) in [5.74, 6) is 0.463. The van der Waals surface area contributed by atoms with Gasteiger partial charge in [-0.2, -0.15) is 15.4 Å². The van der Waals surface area contributed by atoms with E-state index in [0.29, 0.717) is 25.1 Å². The summed E-state index contributed by atoms with van der Waals surface area (Å²) < 4.78 is 10.9. The van der Waals surface area contributed by atoms with Crippen LogP contribution in [0.2, 0.25) is 0 Å². The van der Waals surface area contributed by atoms with Gasteiger partial charge in [0.2, 0.25) is 0 Å². The lowest BCUT2D eigenvalue weighted by atomic mass is 9.96. The van der Waals surface area contributed by atoms with E-state index in [4.69, 9.17) is 14.9 Å². The van der Waals surface area contributed by atoms with Gasteiger partial charge >= 0.3 is 6.09 Å². The number of H-pyrrole nitrogens is 1. The maximum absolute atomic E-state index is 11.9. The minimum absolute atomic E-state index is 0.0490. The molecule has 2 heterocycles. The van der Waals surface area contributed by atoms with Crippen LogP contribution in [-0.2, 0) is 4.74 Å². The topological polar surface area (TPSA) is 142 Å². The molecule has 0 saturated carbocycles. The third-order valence-electron chi connectivity index (χ3n) is 4.23. The van der Waals surface area contributed by atoms with Crippen LogP contribution in [0.25, 0.3) is 0 Å². The van der Waals surface area contributed by atoms with Gasteiger partial charge in [-0.15, -0.1) is 0 Å². The first kappa shape index (κ1) is 20.3. The molecule has 1 aliphatic heterocycles. The van der Waals surface area contributed by atoms with E-state index in [1.54, 1.807) is 32.9 Å². The number of nitrogens with zero attached hydrogens (tertiary/aromatic N) is 2. The van der Waals surface area contributed by atoms with E-state index < -0.39 is 11.7 Å². The molecule has 0 fully saturated rings. The summed E-state index contributed by atoms with van der Waals surface area (Å²) in [4.78, 5) is 23.8. The Morgan fingerprint density at radius 2 is 2.17 bits per heavy atom. The summed E-state index contributed by atoms with van der Waals surface area (Å²) in [6.45, 7) is 6.21. The molecule has 154 valence electrons. The number of alkyl carbamates (subject to hydrolysis) is 1. The molecule has 0 bridgehead atoms. The maximum atomic E-state index is 11.9. The zero-order valence-electron chi connectivity index (χ0n) is 16.5. The van der Waals surface area contributed by atoms with Crippen molar-refractivity contribution in [3.8, 4) is 5.75 Å². The number of aromatic amines is 1. The van der Waals surface area contributed by atoms with Crippen molar-refractivity contribution < 1.29 is 19.1 Å². The highest BCUT2D eigenvalue weighted by Gasteiger charge is 2.25. The largest absolute Gasteiger partial charge is 0.493 e. The smallest absolute Gasteiger partial charge is 0.413 e. The highest BCUT2D eigenvalue weighted by atomic mass is 16.6. The molecule has 1 atom stereocenters. The third kappa shape index (κ3) is 5.31. The van der Waals surface area contributed by atoms with Crippen molar-refractivity contribution in [2.45, 2.75) is 38.7 Å². The van der Waals surface area contributed by atoms with Crippen LogP contribution in [0.4, 0.5) is 4.79 Å². The Labute approximate surface area is 167 Å². The molecule has 0 radical (unpaired) electrons. The van der Waals surface area contributed by atoms with Crippen molar-refractivity contribution in [2.24, 2.45) is 0 Å². The summed E-state index contributed by atoms with van der Waals surface area (Å²) in [5, 5.41) is 23.1. The van der Waals surface area contributed by atoms with Crippen molar-refractivity contribution in [1.82, 2.24) is 26.0 Å². The third-order valence-corrected chi connectivity index (χ3v) is 4.23. The van der Waals surface area contributed by atoms with E-state index in [0.717, 1.165) is 11.3 Å².